The lowest BCUT2D eigenvalue weighted by atomic mass is 10.1. The van der Waals surface area contributed by atoms with E-state index < -0.39 is 13.3 Å². The molecule has 1 aliphatic rings. The third-order valence-electron chi connectivity index (χ3n) is 2.62. The second-order valence-electron chi connectivity index (χ2n) is 3.59. The third kappa shape index (κ3) is 3.30. The second kappa shape index (κ2) is 5.64. The summed E-state index contributed by atoms with van der Waals surface area (Å²) in [5, 5.41) is 0. The average Bonchev–Trinajstić information content (AvgIpc) is 2.77. The van der Waals surface area contributed by atoms with Crippen LogP contribution in [0.15, 0.2) is 0 Å². The zero-order valence-electron chi connectivity index (χ0n) is 9.10. The normalized spacial score (nSPS) is 18.0. The minimum Gasteiger partial charge on any atom is -0.456 e. The van der Waals surface area contributed by atoms with Crippen LogP contribution in [0.2, 0.25) is 0 Å². The first-order valence-electron chi connectivity index (χ1n) is 5.01. The van der Waals surface area contributed by atoms with Crippen molar-refractivity contribution >= 4 is 13.3 Å². The highest BCUT2D eigenvalue weighted by Crippen LogP contribution is 2.48. The first-order valence-corrected chi connectivity index (χ1v) is 6.55. The van der Waals surface area contributed by atoms with Crippen LogP contribution in [-0.2, 0) is 18.3 Å². The van der Waals surface area contributed by atoms with Crippen molar-refractivity contribution in [3.05, 3.63) is 0 Å². The maximum atomic E-state index is 11.5. The zero-order chi connectivity index (χ0) is 11.3. The van der Waals surface area contributed by atoms with Crippen LogP contribution in [-0.4, -0.2) is 26.5 Å². The van der Waals surface area contributed by atoms with E-state index in [2.05, 4.69) is 9.05 Å². The molecule has 0 atom stereocenters. The van der Waals surface area contributed by atoms with Gasteiger partial charge >= 0.3 is 13.3 Å². The highest BCUT2D eigenvalue weighted by Gasteiger charge is 2.35. The fraction of sp³-hybridized carbons (Fsp3) is 0.889. The molecular weight excluding hydrogens is 219 g/mol. The van der Waals surface area contributed by atoms with E-state index in [9.17, 15) is 9.36 Å². The lowest BCUT2D eigenvalue weighted by molar-refractivity contribution is 0.139. The molecule has 0 radical (unpaired) electrons. The minimum absolute atomic E-state index is 0.315. The molecule has 88 valence electrons. The standard InChI is InChI=1S/C9H17O5P/c1-12-15(11,13-2)9(10)14-7-8-5-3-4-6-8/h8H,3-7H2,1-2H3. The van der Waals surface area contributed by atoms with Gasteiger partial charge in [-0.1, -0.05) is 12.8 Å². The predicted molar refractivity (Wildman–Crippen MR) is 54.9 cm³/mol. The maximum Gasteiger partial charge on any atom is 0.437 e. The van der Waals surface area contributed by atoms with Crippen LogP contribution in [0, 0.1) is 5.92 Å². The SMILES string of the molecule is COP(=O)(OC)C(=O)OCC1CCCC1. The Balaban J connectivity index is 2.37. The number of ether oxygens (including phenoxy) is 1. The van der Waals surface area contributed by atoms with E-state index in [-0.39, 0.29) is 0 Å². The molecule has 0 aromatic heterocycles. The van der Waals surface area contributed by atoms with Crippen LogP contribution in [0.1, 0.15) is 25.7 Å². The molecule has 0 heterocycles. The maximum absolute atomic E-state index is 11.5. The number of carbonyl (C=O) groups is 1. The van der Waals surface area contributed by atoms with E-state index >= 15 is 0 Å². The quantitative estimate of drug-likeness (QED) is 0.687. The number of rotatable bonds is 5. The van der Waals surface area contributed by atoms with Crippen molar-refractivity contribution in [2.24, 2.45) is 5.92 Å². The smallest absolute Gasteiger partial charge is 0.437 e. The third-order valence-corrected chi connectivity index (χ3v) is 4.16. The molecule has 5 nitrogen and oxygen atoms in total. The summed E-state index contributed by atoms with van der Waals surface area (Å²) >= 11 is 0. The van der Waals surface area contributed by atoms with Crippen LogP contribution in [0.3, 0.4) is 0 Å². The van der Waals surface area contributed by atoms with Crippen molar-refractivity contribution in [3.63, 3.8) is 0 Å². The molecule has 0 aromatic carbocycles. The van der Waals surface area contributed by atoms with E-state index in [0.717, 1.165) is 12.8 Å². The van der Waals surface area contributed by atoms with E-state index in [1.54, 1.807) is 0 Å². The molecule has 0 aromatic rings. The Labute approximate surface area is 89.6 Å². The summed E-state index contributed by atoms with van der Waals surface area (Å²) in [6.45, 7) is 0.315. The van der Waals surface area contributed by atoms with Crippen LogP contribution in [0.5, 0.6) is 0 Å². The second-order valence-corrected chi connectivity index (χ2v) is 5.68. The molecule has 1 aliphatic carbocycles. The summed E-state index contributed by atoms with van der Waals surface area (Å²) in [5.41, 5.74) is -0.889. The van der Waals surface area contributed by atoms with Crippen molar-refractivity contribution in [2.45, 2.75) is 25.7 Å². The average molecular weight is 236 g/mol. The minimum atomic E-state index is -3.69. The molecule has 1 rings (SSSR count). The molecule has 0 unspecified atom stereocenters. The lowest BCUT2D eigenvalue weighted by Crippen LogP contribution is -2.12. The van der Waals surface area contributed by atoms with Crippen molar-refractivity contribution in [3.8, 4) is 0 Å². The van der Waals surface area contributed by atoms with Crippen molar-refractivity contribution in [1.29, 1.82) is 0 Å². The largest absolute Gasteiger partial charge is 0.456 e. The van der Waals surface area contributed by atoms with Gasteiger partial charge < -0.3 is 13.8 Å². The molecule has 6 heteroatoms. The van der Waals surface area contributed by atoms with Gasteiger partial charge in [0.15, 0.2) is 0 Å². The fourth-order valence-electron chi connectivity index (χ4n) is 1.67. The first kappa shape index (κ1) is 12.7. The van der Waals surface area contributed by atoms with Gasteiger partial charge in [-0.15, -0.1) is 0 Å². The Morgan fingerprint density at radius 2 is 1.80 bits per heavy atom. The van der Waals surface area contributed by atoms with Crippen molar-refractivity contribution in [1.82, 2.24) is 0 Å². The number of carbonyl (C=O) groups excluding carboxylic acids is 1. The molecule has 1 fully saturated rings. The summed E-state index contributed by atoms with van der Waals surface area (Å²) < 4.78 is 25.5. The Morgan fingerprint density at radius 1 is 1.27 bits per heavy atom. The topological polar surface area (TPSA) is 61.8 Å². The Morgan fingerprint density at radius 3 is 2.27 bits per heavy atom. The molecule has 0 N–H and O–H groups in total. The van der Waals surface area contributed by atoms with Gasteiger partial charge in [0.05, 0.1) is 6.61 Å². The van der Waals surface area contributed by atoms with Gasteiger partial charge in [-0.25, -0.2) is 9.36 Å². The molecule has 0 saturated heterocycles. The van der Waals surface area contributed by atoms with E-state index in [4.69, 9.17) is 4.74 Å². The lowest BCUT2D eigenvalue weighted by Gasteiger charge is -2.14. The van der Waals surface area contributed by atoms with Crippen LogP contribution >= 0.6 is 7.60 Å². The summed E-state index contributed by atoms with van der Waals surface area (Å²) in [6.07, 6.45) is 4.48. The number of hydrogen-bond donors (Lipinski definition) is 0. The van der Waals surface area contributed by atoms with E-state index in [1.807, 2.05) is 0 Å². The zero-order valence-corrected chi connectivity index (χ0v) is 10.00. The monoisotopic (exact) mass is 236 g/mol. The number of hydrogen-bond acceptors (Lipinski definition) is 5. The predicted octanol–water partition coefficient (Wildman–Crippen LogP) is 2.80. The van der Waals surface area contributed by atoms with Gasteiger partial charge in [-0.05, 0) is 18.8 Å². The van der Waals surface area contributed by atoms with Crippen LogP contribution in [0.4, 0.5) is 4.79 Å². The van der Waals surface area contributed by atoms with Gasteiger partial charge in [0, 0.05) is 14.2 Å². The summed E-state index contributed by atoms with van der Waals surface area (Å²) in [5.74, 6) is 0.399. The van der Waals surface area contributed by atoms with Crippen LogP contribution in [0.25, 0.3) is 0 Å². The molecule has 1 saturated carbocycles. The van der Waals surface area contributed by atoms with Gasteiger partial charge in [0.1, 0.15) is 0 Å². The van der Waals surface area contributed by atoms with Gasteiger partial charge in [-0.2, -0.15) is 0 Å². The first-order chi connectivity index (χ1) is 7.12. The molecule has 15 heavy (non-hydrogen) atoms. The Kier molecular flexibility index (Phi) is 4.77. The fourth-order valence-corrected chi connectivity index (χ4v) is 2.35. The molecule has 0 amide bonds. The van der Waals surface area contributed by atoms with Crippen LogP contribution < -0.4 is 0 Å². The van der Waals surface area contributed by atoms with Gasteiger partial charge in [0.2, 0.25) is 0 Å². The molecular formula is C9H17O5P. The molecule has 0 spiro atoms. The van der Waals surface area contributed by atoms with Crippen molar-refractivity contribution < 1.29 is 23.1 Å². The molecule has 0 bridgehead atoms. The summed E-state index contributed by atoms with van der Waals surface area (Å²) in [6, 6.07) is 0. The van der Waals surface area contributed by atoms with E-state index in [1.165, 1.54) is 27.1 Å². The van der Waals surface area contributed by atoms with Gasteiger partial charge in [0.25, 0.3) is 0 Å². The summed E-state index contributed by atoms with van der Waals surface area (Å²) in [7, 11) is -1.35. The van der Waals surface area contributed by atoms with Gasteiger partial charge in [-0.3, -0.25) is 0 Å². The highest BCUT2D eigenvalue weighted by molar-refractivity contribution is 7.71. The summed E-state index contributed by atoms with van der Waals surface area (Å²) in [4.78, 5) is 11.3. The Bertz CT molecular complexity index is 251. The van der Waals surface area contributed by atoms with Crippen molar-refractivity contribution in [2.75, 3.05) is 20.8 Å². The molecule has 0 aliphatic heterocycles. The Hall–Kier alpha value is -0.380. The van der Waals surface area contributed by atoms with E-state index in [0.29, 0.717) is 12.5 Å². The highest BCUT2D eigenvalue weighted by atomic mass is 31.2.